The minimum absolute atomic E-state index is 0.0887. The lowest BCUT2D eigenvalue weighted by molar-refractivity contribution is -0.117. The quantitative estimate of drug-likeness (QED) is 0.681. The number of benzene rings is 2. The van der Waals surface area contributed by atoms with Crippen molar-refractivity contribution in [3.05, 3.63) is 64.9 Å². The molecule has 0 aliphatic rings. The lowest BCUT2D eigenvalue weighted by atomic mass is 10.0. The Bertz CT molecular complexity index is 892. The third-order valence-electron chi connectivity index (χ3n) is 4.37. The molecule has 0 unspecified atom stereocenters. The number of carbonyl (C=O) groups is 1. The molecule has 3 rings (SSSR count). The van der Waals surface area contributed by atoms with E-state index in [9.17, 15) is 4.79 Å². The summed E-state index contributed by atoms with van der Waals surface area (Å²) in [6, 6.07) is 12.2. The highest BCUT2D eigenvalue weighted by atomic mass is 16.3. The molecule has 0 saturated heterocycles. The van der Waals surface area contributed by atoms with Crippen molar-refractivity contribution in [2.75, 3.05) is 11.4 Å². The molecule has 124 valence electrons. The largest absolute Gasteiger partial charge is 0.464 e. The number of aryl methyl sites for hydroxylation is 3. The number of nitrogens with zero attached hydrogens (tertiary/aromatic N) is 1. The molecule has 0 aliphatic carbocycles. The number of rotatable bonds is 4. The SMILES string of the molecule is CCN(C(=O)Cc1coc2cc(C)cc(C)c12)c1cccc(C)c1. The number of fused-ring (bicyclic) bond motifs is 1. The van der Waals surface area contributed by atoms with Crippen LogP contribution >= 0.6 is 0 Å². The molecule has 0 atom stereocenters. The predicted molar refractivity (Wildman–Crippen MR) is 98.6 cm³/mol. The fraction of sp³-hybridized carbons (Fsp3) is 0.286. The maximum atomic E-state index is 12.9. The molecule has 0 saturated carbocycles. The monoisotopic (exact) mass is 321 g/mol. The van der Waals surface area contributed by atoms with Gasteiger partial charge in [-0.25, -0.2) is 0 Å². The molecular weight excluding hydrogens is 298 g/mol. The number of amides is 1. The Hall–Kier alpha value is -2.55. The predicted octanol–water partition coefficient (Wildman–Crippen LogP) is 4.95. The molecule has 3 aromatic rings. The van der Waals surface area contributed by atoms with Gasteiger partial charge in [0.05, 0.1) is 12.7 Å². The van der Waals surface area contributed by atoms with Crippen LogP contribution in [0.3, 0.4) is 0 Å². The van der Waals surface area contributed by atoms with Gasteiger partial charge in [-0.15, -0.1) is 0 Å². The lowest BCUT2D eigenvalue weighted by Gasteiger charge is -2.21. The third-order valence-corrected chi connectivity index (χ3v) is 4.37. The van der Waals surface area contributed by atoms with Crippen LogP contribution in [-0.2, 0) is 11.2 Å². The van der Waals surface area contributed by atoms with E-state index in [0.29, 0.717) is 13.0 Å². The molecule has 0 radical (unpaired) electrons. The molecule has 2 aromatic carbocycles. The van der Waals surface area contributed by atoms with Gasteiger partial charge in [0.25, 0.3) is 0 Å². The molecule has 1 aromatic heterocycles. The average Bonchev–Trinajstić information content (AvgIpc) is 2.91. The van der Waals surface area contributed by atoms with Gasteiger partial charge in [0.15, 0.2) is 0 Å². The summed E-state index contributed by atoms with van der Waals surface area (Å²) in [4.78, 5) is 14.7. The number of furan rings is 1. The van der Waals surface area contributed by atoms with Crippen molar-refractivity contribution in [3.63, 3.8) is 0 Å². The van der Waals surface area contributed by atoms with Crippen LogP contribution < -0.4 is 4.90 Å². The first-order chi connectivity index (χ1) is 11.5. The van der Waals surface area contributed by atoms with Crippen molar-refractivity contribution in [1.82, 2.24) is 0 Å². The first kappa shape index (κ1) is 16.3. The second kappa shape index (κ2) is 6.52. The Balaban J connectivity index is 1.91. The number of carbonyl (C=O) groups excluding carboxylic acids is 1. The first-order valence-corrected chi connectivity index (χ1v) is 8.34. The van der Waals surface area contributed by atoms with Crippen LogP contribution in [-0.4, -0.2) is 12.5 Å². The van der Waals surface area contributed by atoms with Crippen LogP contribution in [0.4, 0.5) is 5.69 Å². The minimum Gasteiger partial charge on any atom is -0.464 e. The summed E-state index contributed by atoms with van der Waals surface area (Å²) < 4.78 is 5.68. The fourth-order valence-electron chi connectivity index (χ4n) is 3.31. The Labute approximate surface area is 142 Å². The molecule has 0 spiro atoms. The molecule has 0 bridgehead atoms. The Morgan fingerprint density at radius 2 is 1.88 bits per heavy atom. The van der Waals surface area contributed by atoms with Gasteiger partial charge in [0, 0.05) is 23.2 Å². The molecule has 24 heavy (non-hydrogen) atoms. The number of hydrogen-bond acceptors (Lipinski definition) is 2. The smallest absolute Gasteiger partial charge is 0.231 e. The molecule has 0 fully saturated rings. The summed E-state index contributed by atoms with van der Waals surface area (Å²) in [5.74, 6) is 0.0887. The second-order valence-corrected chi connectivity index (χ2v) is 6.37. The topological polar surface area (TPSA) is 33.5 Å². The zero-order valence-corrected chi connectivity index (χ0v) is 14.7. The molecule has 3 heteroatoms. The van der Waals surface area contributed by atoms with Crippen molar-refractivity contribution < 1.29 is 9.21 Å². The van der Waals surface area contributed by atoms with Crippen LogP contribution in [0.5, 0.6) is 0 Å². The normalized spacial score (nSPS) is 11.0. The number of hydrogen-bond donors (Lipinski definition) is 0. The van der Waals surface area contributed by atoms with Crippen LogP contribution in [0.2, 0.25) is 0 Å². The van der Waals surface area contributed by atoms with Crippen LogP contribution in [0, 0.1) is 20.8 Å². The van der Waals surface area contributed by atoms with E-state index in [1.54, 1.807) is 6.26 Å². The molecule has 1 amide bonds. The molecule has 0 N–H and O–H groups in total. The highest BCUT2D eigenvalue weighted by molar-refractivity contribution is 5.98. The average molecular weight is 321 g/mol. The van der Waals surface area contributed by atoms with E-state index in [1.165, 1.54) is 5.56 Å². The summed E-state index contributed by atoms with van der Waals surface area (Å²) in [5, 5.41) is 1.06. The third kappa shape index (κ3) is 3.07. The summed E-state index contributed by atoms with van der Waals surface area (Å²) in [6.45, 7) is 8.81. The van der Waals surface area contributed by atoms with E-state index in [-0.39, 0.29) is 5.91 Å². The van der Waals surface area contributed by atoms with Gasteiger partial charge >= 0.3 is 0 Å². The van der Waals surface area contributed by atoms with E-state index in [2.05, 4.69) is 19.9 Å². The van der Waals surface area contributed by atoms with Crippen LogP contribution in [0.1, 0.15) is 29.2 Å². The van der Waals surface area contributed by atoms with Gasteiger partial charge < -0.3 is 9.32 Å². The zero-order valence-electron chi connectivity index (χ0n) is 14.7. The maximum Gasteiger partial charge on any atom is 0.231 e. The van der Waals surface area contributed by atoms with Gasteiger partial charge in [-0.05, 0) is 62.6 Å². The van der Waals surface area contributed by atoms with Crippen LogP contribution in [0.25, 0.3) is 11.0 Å². The van der Waals surface area contributed by atoms with E-state index in [1.807, 2.05) is 49.1 Å². The second-order valence-electron chi connectivity index (χ2n) is 6.37. The van der Waals surface area contributed by atoms with E-state index in [4.69, 9.17) is 4.42 Å². The Morgan fingerprint density at radius 1 is 1.08 bits per heavy atom. The van der Waals surface area contributed by atoms with Crippen molar-refractivity contribution in [1.29, 1.82) is 0 Å². The summed E-state index contributed by atoms with van der Waals surface area (Å²) in [5.41, 5.74) is 6.23. The van der Waals surface area contributed by atoms with Crippen molar-refractivity contribution in [3.8, 4) is 0 Å². The van der Waals surface area contributed by atoms with Gasteiger partial charge in [0.2, 0.25) is 5.91 Å². The summed E-state index contributed by atoms with van der Waals surface area (Å²) in [7, 11) is 0. The van der Waals surface area contributed by atoms with E-state index in [0.717, 1.165) is 33.3 Å². The molecule has 1 heterocycles. The zero-order chi connectivity index (χ0) is 17.3. The standard InChI is InChI=1S/C21H23NO2/c1-5-22(18-8-6-7-14(2)10-18)20(23)12-17-13-24-19-11-15(3)9-16(4)21(17)19/h6-11,13H,5,12H2,1-4H3. The van der Waals surface area contributed by atoms with Gasteiger partial charge in [0.1, 0.15) is 5.58 Å². The number of anilines is 1. The van der Waals surface area contributed by atoms with Gasteiger partial charge in [-0.1, -0.05) is 18.2 Å². The Morgan fingerprint density at radius 3 is 2.58 bits per heavy atom. The summed E-state index contributed by atoms with van der Waals surface area (Å²) in [6.07, 6.45) is 2.07. The van der Waals surface area contributed by atoms with E-state index >= 15 is 0 Å². The minimum atomic E-state index is 0.0887. The highest BCUT2D eigenvalue weighted by Gasteiger charge is 2.18. The van der Waals surface area contributed by atoms with Crippen molar-refractivity contribution >= 4 is 22.6 Å². The first-order valence-electron chi connectivity index (χ1n) is 8.34. The molecule has 0 aliphatic heterocycles. The fourth-order valence-corrected chi connectivity index (χ4v) is 3.31. The number of likely N-dealkylation sites (N-methyl/N-ethyl adjacent to an activating group) is 1. The van der Waals surface area contributed by atoms with Crippen LogP contribution in [0.15, 0.2) is 47.1 Å². The van der Waals surface area contributed by atoms with Gasteiger partial charge in [-0.2, -0.15) is 0 Å². The highest BCUT2D eigenvalue weighted by Crippen LogP contribution is 2.27. The lowest BCUT2D eigenvalue weighted by Crippen LogP contribution is -2.32. The van der Waals surface area contributed by atoms with Crippen molar-refractivity contribution in [2.45, 2.75) is 34.1 Å². The summed E-state index contributed by atoms with van der Waals surface area (Å²) >= 11 is 0. The maximum absolute atomic E-state index is 12.9. The van der Waals surface area contributed by atoms with Crippen molar-refractivity contribution in [2.24, 2.45) is 0 Å². The Kier molecular flexibility index (Phi) is 4.43. The molecular formula is C21H23NO2. The van der Waals surface area contributed by atoms with Gasteiger partial charge in [-0.3, -0.25) is 4.79 Å². The molecule has 3 nitrogen and oxygen atoms in total. The van der Waals surface area contributed by atoms with E-state index < -0.39 is 0 Å².